The molecule has 0 saturated heterocycles. The van der Waals surface area contributed by atoms with Gasteiger partial charge in [0.15, 0.2) is 0 Å². The van der Waals surface area contributed by atoms with Crippen LogP contribution in [0.5, 0.6) is 0 Å². The Labute approximate surface area is 440 Å². The molecule has 414 valence electrons. The van der Waals surface area contributed by atoms with Gasteiger partial charge in [0, 0.05) is 25.3 Å². The van der Waals surface area contributed by atoms with Crippen LogP contribution in [0, 0.1) is 11.8 Å². The van der Waals surface area contributed by atoms with E-state index in [1.807, 2.05) is 30.3 Å². The zero-order valence-corrected chi connectivity index (χ0v) is 47.7. The highest BCUT2D eigenvalue weighted by molar-refractivity contribution is 5.70. The molecule has 0 amide bonds. The summed E-state index contributed by atoms with van der Waals surface area (Å²) in [4.78, 5) is 40.9. The van der Waals surface area contributed by atoms with Crippen LogP contribution in [0.4, 0.5) is 0 Å². The van der Waals surface area contributed by atoms with Gasteiger partial charge in [0.1, 0.15) is 6.61 Å². The maximum atomic E-state index is 12.7. The van der Waals surface area contributed by atoms with Crippen molar-refractivity contribution < 1.29 is 28.6 Å². The predicted octanol–water partition coefficient (Wildman–Crippen LogP) is 19.2. The van der Waals surface area contributed by atoms with E-state index in [0.717, 1.165) is 57.2 Å². The van der Waals surface area contributed by atoms with Crippen LogP contribution < -0.4 is 0 Å². The lowest BCUT2D eigenvalue weighted by atomic mass is 9.96. The standard InChI is InChI=1S/C64H117NO6/c1-6-11-16-19-24-29-40-53-65(54-41-39-52-64(68)71-57-60-46-33-30-34-47-60)61(48-35-25-20-22-27-37-50-62(66)69-55-58(42-14-9-4)44-31-17-12-7-2)49-36-26-21-23-28-38-51-63(67)70-56-59(43-15-10-5)45-32-18-13-8-3/h30,33-34,46-47,58-59,61H,6-29,31-32,35-45,48-57H2,1-5H3. The van der Waals surface area contributed by atoms with E-state index in [4.69, 9.17) is 14.2 Å². The number of benzene rings is 1. The number of esters is 3. The smallest absolute Gasteiger partial charge is 0.306 e. The van der Waals surface area contributed by atoms with Crippen LogP contribution in [0.25, 0.3) is 0 Å². The third-order valence-corrected chi connectivity index (χ3v) is 15.0. The van der Waals surface area contributed by atoms with E-state index in [0.29, 0.717) is 57.0 Å². The Morgan fingerprint density at radius 3 is 1.14 bits per heavy atom. The van der Waals surface area contributed by atoms with Crippen molar-refractivity contribution in [2.24, 2.45) is 11.8 Å². The monoisotopic (exact) mass is 996 g/mol. The topological polar surface area (TPSA) is 82.1 Å². The van der Waals surface area contributed by atoms with Gasteiger partial charge in [-0.25, -0.2) is 0 Å². The molecular formula is C64H117NO6. The van der Waals surface area contributed by atoms with Crippen molar-refractivity contribution in [1.82, 2.24) is 4.90 Å². The van der Waals surface area contributed by atoms with E-state index in [2.05, 4.69) is 39.5 Å². The zero-order chi connectivity index (χ0) is 51.5. The lowest BCUT2D eigenvalue weighted by molar-refractivity contribution is -0.146. The maximum Gasteiger partial charge on any atom is 0.306 e. The van der Waals surface area contributed by atoms with E-state index in [-0.39, 0.29) is 17.9 Å². The second-order valence-corrected chi connectivity index (χ2v) is 21.8. The molecule has 0 radical (unpaired) electrons. The first-order chi connectivity index (χ1) is 34.9. The van der Waals surface area contributed by atoms with Crippen molar-refractivity contribution >= 4 is 17.9 Å². The molecule has 1 aromatic rings. The van der Waals surface area contributed by atoms with E-state index < -0.39 is 0 Å². The zero-order valence-electron chi connectivity index (χ0n) is 47.7. The summed E-state index contributed by atoms with van der Waals surface area (Å²) in [7, 11) is 0. The van der Waals surface area contributed by atoms with Gasteiger partial charge in [-0.15, -0.1) is 0 Å². The number of nitrogens with zero attached hydrogens (tertiary/aromatic N) is 1. The second-order valence-electron chi connectivity index (χ2n) is 21.8. The van der Waals surface area contributed by atoms with Gasteiger partial charge in [-0.05, 0) is 101 Å². The summed E-state index contributed by atoms with van der Waals surface area (Å²) in [5.74, 6) is 0.963. The van der Waals surface area contributed by atoms with Crippen molar-refractivity contribution in [3.63, 3.8) is 0 Å². The second kappa shape index (κ2) is 51.1. The summed E-state index contributed by atoms with van der Waals surface area (Å²) in [5, 5.41) is 0. The Hall–Kier alpha value is -2.41. The Kier molecular flexibility index (Phi) is 47.9. The molecule has 0 aliphatic carbocycles. The molecule has 0 bridgehead atoms. The fraction of sp³-hybridized carbons (Fsp3) is 0.859. The number of carbonyl (C=O) groups excluding carboxylic acids is 3. The number of unbranched alkanes of at least 4 members (excludes halogenated alkanes) is 25. The quantitative estimate of drug-likeness (QED) is 0.0365. The summed E-state index contributed by atoms with van der Waals surface area (Å²) in [6.07, 6.45) is 48.9. The molecule has 0 aliphatic rings. The van der Waals surface area contributed by atoms with E-state index in [9.17, 15) is 14.4 Å². The molecule has 7 nitrogen and oxygen atoms in total. The summed E-state index contributed by atoms with van der Waals surface area (Å²) in [6.45, 7) is 15.1. The van der Waals surface area contributed by atoms with Crippen molar-refractivity contribution in [2.45, 2.75) is 317 Å². The van der Waals surface area contributed by atoms with Crippen LogP contribution in [-0.4, -0.2) is 55.2 Å². The Bertz CT molecular complexity index is 1250. The van der Waals surface area contributed by atoms with E-state index in [1.165, 1.54) is 212 Å². The van der Waals surface area contributed by atoms with Crippen LogP contribution in [0.3, 0.4) is 0 Å². The molecule has 71 heavy (non-hydrogen) atoms. The molecule has 7 heteroatoms. The van der Waals surface area contributed by atoms with Crippen molar-refractivity contribution in [2.75, 3.05) is 26.3 Å². The minimum atomic E-state index is -0.0914. The molecule has 0 fully saturated rings. The Balaban J connectivity index is 2.69. The molecule has 2 atom stereocenters. The largest absolute Gasteiger partial charge is 0.465 e. The van der Waals surface area contributed by atoms with Crippen LogP contribution in [0.1, 0.15) is 310 Å². The van der Waals surface area contributed by atoms with Gasteiger partial charge in [0.25, 0.3) is 0 Å². The highest BCUT2D eigenvalue weighted by Gasteiger charge is 2.19. The highest BCUT2D eigenvalue weighted by atomic mass is 16.5. The first kappa shape index (κ1) is 66.6. The molecular weight excluding hydrogens is 879 g/mol. The molecule has 0 aromatic heterocycles. The van der Waals surface area contributed by atoms with Gasteiger partial charge >= 0.3 is 17.9 Å². The Morgan fingerprint density at radius 1 is 0.366 bits per heavy atom. The van der Waals surface area contributed by atoms with Crippen LogP contribution in [0.15, 0.2) is 30.3 Å². The van der Waals surface area contributed by atoms with Crippen LogP contribution in [-0.2, 0) is 35.2 Å². The molecule has 0 heterocycles. The van der Waals surface area contributed by atoms with Gasteiger partial charge in [-0.3, -0.25) is 14.4 Å². The van der Waals surface area contributed by atoms with Gasteiger partial charge < -0.3 is 19.1 Å². The fourth-order valence-electron chi connectivity index (χ4n) is 10.3. The number of rotatable bonds is 54. The number of ether oxygens (including phenoxy) is 3. The number of hydrogen-bond acceptors (Lipinski definition) is 7. The summed E-state index contributed by atoms with van der Waals surface area (Å²) in [5.41, 5.74) is 1.04. The lowest BCUT2D eigenvalue weighted by Crippen LogP contribution is -2.37. The van der Waals surface area contributed by atoms with Crippen molar-refractivity contribution in [3.8, 4) is 0 Å². The minimum Gasteiger partial charge on any atom is -0.465 e. The normalized spacial score (nSPS) is 12.8. The highest BCUT2D eigenvalue weighted by Crippen LogP contribution is 2.23. The fourth-order valence-corrected chi connectivity index (χ4v) is 10.3. The van der Waals surface area contributed by atoms with E-state index >= 15 is 0 Å². The van der Waals surface area contributed by atoms with Gasteiger partial charge in [0.05, 0.1) is 13.2 Å². The summed E-state index contributed by atoms with van der Waals surface area (Å²) < 4.78 is 17.2. The third kappa shape index (κ3) is 42.6. The van der Waals surface area contributed by atoms with Gasteiger partial charge in [-0.2, -0.15) is 0 Å². The number of hydrogen-bond donors (Lipinski definition) is 0. The molecule has 1 aromatic carbocycles. The van der Waals surface area contributed by atoms with Crippen LogP contribution >= 0.6 is 0 Å². The van der Waals surface area contributed by atoms with Crippen molar-refractivity contribution in [1.29, 1.82) is 0 Å². The minimum absolute atomic E-state index is 0.00240. The van der Waals surface area contributed by atoms with Crippen molar-refractivity contribution in [3.05, 3.63) is 35.9 Å². The molecule has 0 saturated carbocycles. The first-order valence-corrected chi connectivity index (χ1v) is 31.1. The average molecular weight is 997 g/mol. The SMILES string of the molecule is CCCCCCCCCN(CCCCC(=O)OCc1ccccc1)C(CCCCCCCCC(=O)OCC(CCCC)CCCCCC)CCCCCCCCC(=O)OCC(CCCC)CCCCCC. The third-order valence-electron chi connectivity index (χ3n) is 15.0. The molecule has 2 unspecified atom stereocenters. The van der Waals surface area contributed by atoms with Gasteiger partial charge in [0.2, 0.25) is 0 Å². The lowest BCUT2D eigenvalue weighted by Gasteiger charge is -2.32. The van der Waals surface area contributed by atoms with E-state index in [1.54, 1.807) is 0 Å². The Morgan fingerprint density at radius 2 is 0.690 bits per heavy atom. The number of carbonyl (C=O) groups is 3. The van der Waals surface area contributed by atoms with Crippen LogP contribution in [0.2, 0.25) is 0 Å². The van der Waals surface area contributed by atoms with Gasteiger partial charge in [-0.1, -0.05) is 245 Å². The first-order valence-electron chi connectivity index (χ1n) is 31.1. The molecule has 0 aliphatic heterocycles. The summed E-state index contributed by atoms with van der Waals surface area (Å²) >= 11 is 0. The molecule has 0 spiro atoms. The average Bonchev–Trinajstić information content (AvgIpc) is 3.38. The summed E-state index contributed by atoms with van der Waals surface area (Å²) in [6, 6.07) is 10.6. The maximum absolute atomic E-state index is 12.7. The molecule has 0 N–H and O–H groups in total. The molecule has 1 rings (SSSR count). The predicted molar refractivity (Wildman–Crippen MR) is 303 cm³/mol.